The Morgan fingerprint density at radius 2 is 1.88 bits per heavy atom. The lowest BCUT2D eigenvalue weighted by Gasteiger charge is -2.30. The van der Waals surface area contributed by atoms with Crippen molar-refractivity contribution in [3.8, 4) is 11.1 Å². The van der Waals surface area contributed by atoms with Crippen molar-refractivity contribution in [3.63, 3.8) is 0 Å². The number of hydrogen-bond acceptors (Lipinski definition) is 4. The summed E-state index contributed by atoms with van der Waals surface area (Å²) in [7, 11) is 1.79. The lowest BCUT2D eigenvalue weighted by atomic mass is 9.92. The van der Waals surface area contributed by atoms with E-state index in [0.717, 1.165) is 65.1 Å². The second-order valence-electron chi connectivity index (χ2n) is 8.74. The number of rotatable bonds is 5. The molecule has 6 heteroatoms. The molecule has 1 aliphatic carbocycles. The molecule has 0 N–H and O–H groups in total. The van der Waals surface area contributed by atoms with Crippen LogP contribution >= 0.6 is 0 Å². The summed E-state index contributed by atoms with van der Waals surface area (Å²) < 4.78 is 27.8. The van der Waals surface area contributed by atoms with Crippen molar-refractivity contribution < 1.29 is 13.7 Å². The van der Waals surface area contributed by atoms with Crippen LogP contribution in [0.25, 0.3) is 22.2 Å². The van der Waals surface area contributed by atoms with E-state index >= 15 is 0 Å². The monoisotopic (exact) mass is 433 g/mol. The molecular formula is C26H28FN3O2. The van der Waals surface area contributed by atoms with Gasteiger partial charge in [-0.15, -0.1) is 0 Å². The summed E-state index contributed by atoms with van der Waals surface area (Å²) in [5, 5.41) is 4.10. The molecule has 0 aliphatic heterocycles. The van der Waals surface area contributed by atoms with Gasteiger partial charge in [0, 0.05) is 25.1 Å². The summed E-state index contributed by atoms with van der Waals surface area (Å²) in [6.45, 7) is 3.88. The number of methoxy groups -OCH3 is 1. The van der Waals surface area contributed by atoms with E-state index in [4.69, 9.17) is 14.2 Å². The van der Waals surface area contributed by atoms with E-state index < -0.39 is 0 Å². The van der Waals surface area contributed by atoms with Crippen molar-refractivity contribution in [2.24, 2.45) is 0 Å². The van der Waals surface area contributed by atoms with Crippen LogP contribution in [0.2, 0.25) is 0 Å². The molecule has 2 heterocycles. The predicted molar refractivity (Wildman–Crippen MR) is 122 cm³/mol. The van der Waals surface area contributed by atoms with Crippen molar-refractivity contribution in [1.82, 2.24) is 14.7 Å². The van der Waals surface area contributed by atoms with Crippen LogP contribution in [0, 0.1) is 19.7 Å². The number of ether oxygens (including phenoxy) is 1. The lowest BCUT2D eigenvalue weighted by molar-refractivity contribution is 0.0586. The maximum absolute atomic E-state index is 14.5. The molecule has 0 bridgehead atoms. The Bertz CT molecular complexity index is 1230. The Labute approximate surface area is 187 Å². The van der Waals surface area contributed by atoms with E-state index in [1.165, 1.54) is 6.07 Å². The van der Waals surface area contributed by atoms with Crippen LogP contribution < -0.4 is 0 Å². The SMILES string of the molecule is COC1CCC(n2c(Cc3ccccc3F)nc3cc(-c4c(C)noc4C)ccc32)CC1. The minimum absolute atomic E-state index is 0.189. The molecule has 5 rings (SSSR count). The molecule has 2 aromatic heterocycles. The van der Waals surface area contributed by atoms with Gasteiger partial charge in [0.05, 0.1) is 22.8 Å². The van der Waals surface area contributed by atoms with E-state index in [0.29, 0.717) is 24.1 Å². The van der Waals surface area contributed by atoms with Gasteiger partial charge in [0.1, 0.15) is 17.4 Å². The molecule has 4 aromatic rings. The van der Waals surface area contributed by atoms with Gasteiger partial charge in [-0.25, -0.2) is 9.37 Å². The summed E-state index contributed by atoms with van der Waals surface area (Å²) >= 11 is 0. The number of hydrogen-bond donors (Lipinski definition) is 0. The molecule has 2 aromatic carbocycles. The normalized spacial score (nSPS) is 19.0. The summed E-state index contributed by atoms with van der Waals surface area (Å²) in [5.41, 5.74) is 5.60. The van der Waals surface area contributed by atoms with Crippen LogP contribution in [0.4, 0.5) is 4.39 Å². The molecule has 1 saturated carbocycles. The van der Waals surface area contributed by atoms with E-state index in [2.05, 4.69) is 27.9 Å². The highest BCUT2D eigenvalue weighted by Crippen LogP contribution is 2.36. The molecule has 0 unspecified atom stereocenters. The van der Waals surface area contributed by atoms with Crippen molar-refractivity contribution in [2.45, 2.75) is 58.1 Å². The maximum Gasteiger partial charge on any atom is 0.141 e. The highest BCUT2D eigenvalue weighted by molar-refractivity contribution is 5.83. The first-order chi connectivity index (χ1) is 15.5. The smallest absolute Gasteiger partial charge is 0.141 e. The van der Waals surface area contributed by atoms with Crippen molar-refractivity contribution in [1.29, 1.82) is 0 Å². The van der Waals surface area contributed by atoms with Crippen LogP contribution in [-0.4, -0.2) is 27.9 Å². The zero-order valence-electron chi connectivity index (χ0n) is 18.8. The standard InChI is InChI=1S/C26H28FN3O2/c1-16-26(17(2)32-29-16)19-8-13-24-23(14-19)28-25(15-18-6-4-5-7-22(18)27)30(24)20-9-11-21(31-3)12-10-20/h4-8,13-14,20-21H,9-12,15H2,1-3H3. The Morgan fingerprint density at radius 1 is 1.09 bits per heavy atom. The van der Waals surface area contributed by atoms with Crippen LogP contribution in [0.1, 0.15) is 54.6 Å². The maximum atomic E-state index is 14.5. The van der Waals surface area contributed by atoms with Gasteiger partial charge in [-0.05, 0) is 68.9 Å². The number of fused-ring (bicyclic) bond motifs is 1. The van der Waals surface area contributed by atoms with Crippen LogP contribution in [-0.2, 0) is 11.2 Å². The quantitative estimate of drug-likeness (QED) is 0.378. The number of aromatic nitrogens is 3. The molecule has 0 atom stereocenters. The second-order valence-corrected chi connectivity index (χ2v) is 8.74. The highest BCUT2D eigenvalue weighted by atomic mass is 19.1. The van der Waals surface area contributed by atoms with E-state index in [-0.39, 0.29) is 5.82 Å². The third kappa shape index (κ3) is 3.73. The topological polar surface area (TPSA) is 53.1 Å². The predicted octanol–water partition coefficient (Wildman–Crippen LogP) is 6.17. The number of benzene rings is 2. The summed E-state index contributed by atoms with van der Waals surface area (Å²) in [6, 6.07) is 13.6. The van der Waals surface area contributed by atoms with Gasteiger partial charge in [0.15, 0.2) is 0 Å². The van der Waals surface area contributed by atoms with E-state index in [1.807, 2.05) is 26.0 Å². The average Bonchev–Trinajstić information content (AvgIpc) is 3.33. The highest BCUT2D eigenvalue weighted by Gasteiger charge is 2.26. The summed E-state index contributed by atoms with van der Waals surface area (Å²) in [4.78, 5) is 5.01. The van der Waals surface area contributed by atoms with E-state index in [9.17, 15) is 4.39 Å². The Morgan fingerprint density at radius 3 is 2.56 bits per heavy atom. The number of imidazole rings is 1. The second kappa shape index (κ2) is 8.51. The fraction of sp³-hybridized carbons (Fsp3) is 0.385. The van der Waals surface area contributed by atoms with Crippen LogP contribution in [0.5, 0.6) is 0 Å². The Hall–Kier alpha value is -2.99. The third-order valence-corrected chi connectivity index (χ3v) is 6.73. The van der Waals surface area contributed by atoms with Gasteiger partial charge in [-0.2, -0.15) is 0 Å². The molecule has 1 fully saturated rings. The molecule has 32 heavy (non-hydrogen) atoms. The first kappa shape index (κ1) is 20.9. The fourth-order valence-electron chi connectivity index (χ4n) is 5.08. The molecule has 166 valence electrons. The van der Waals surface area contributed by atoms with Crippen molar-refractivity contribution in [3.05, 3.63) is 71.1 Å². The minimum Gasteiger partial charge on any atom is -0.381 e. The van der Waals surface area contributed by atoms with E-state index in [1.54, 1.807) is 13.2 Å². The van der Waals surface area contributed by atoms with Gasteiger partial charge >= 0.3 is 0 Å². The Kier molecular flexibility index (Phi) is 5.55. The van der Waals surface area contributed by atoms with Crippen molar-refractivity contribution >= 4 is 11.0 Å². The number of aryl methyl sites for hydroxylation is 2. The molecule has 1 aliphatic rings. The summed E-state index contributed by atoms with van der Waals surface area (Å²) in [6.07, 6.45) is 4.89. The number of halogens is 1. The average molecular weight is 434 g/mol. The zero-order valence-corrected chi connectivity index (χ0v) is 18.8. The molecule has 0 saturated heterocycles. The first-order valence-corrected chi connectivity index (χ1v) is 11.3. The van der Waals surface area contributed by atoms with Crippen LogP contribution in [0.3, 0.4) is 0 Å². The van der Waals surface area contributed by atoms with Gasteiger partial charge in [-0.3, -0.25) is 0 Å². The Balaban J connectivity index is 1.60. The zero-order chi connectivity index (χ0) is 22.2. The van der Waals surface area contributed by atoms with Crippen molar-refractivity contribution in [2.75, 3.05) is 7.11 Å². The van der Waals surface area contributed by atoms with Gasteiger partial charge in [0.2, 0.25) is 0 Å². The largest absolute Gasteiger partial charge is 0.381 e. The molecule has 0 radical (unpaired) electrons. The molecular weight excluding hydrogens is 405 g/mol. The first-order valence-electron chi connectivity index (χ1n) is 11.3. The fourth-order valence-corrected chi connectivity index (χ4v) is 5.08. The minimum atomic E-state index is -0.189. The van der Waals surface area contributed by atoms with Gasteiger partial charge in [-0.1, -0.05) is 29.4 Å². The molecule has 0 spiro atoms. The summed E-state index contributed by atoms with van der Waals surface area (Å²) in [5.74, 6) is 1.51. The van der Waals surface area contributed by atoms with Gasteiger partial charge < -0.3 is 13.8 Å². The molecule has 0 amide bonds. The van der Waals surface area contributed by atoms with Gasteiger partial charge in [0.25, 0.3) is 0 Å². The number of nitrogens with zero attached hydrogens (tertiary/aromatic N) is 3. The van der Waals surface area contributed by atoms with Crippen LogP contribution in [0.15, 0.2) is 47.0 Å². The molecule has 5 nitrogen and oxygen atoms in total. The lowest BCUT2D eigenvalue weighted by Crippen LogP contribution is -2.24. The third-order valence-electron chi connectivity index (χ3n) is 6.73.